The van der Waals surface area contributed by atoms with Crippen molar-refractivity contribution in [2.24, 2.45) is 0 Å². The third-order valence-corrected chi connectivity index (χ3v) is 4.13. The number of benzene rings is 1. The summed E-state index contributed by atoms with van der Waals surface area (Å²) in [4.78, 5) is 24.4. The number of phenolic OH excluding ortho intramolecular Hbond substituents is 2. The molecule has 0 bridgehead atoms. The van der Waals surface area contributed by atoms with Gasteiger partial charge in [0.15, 0.2) is 11.2 Å². The topological polar surface area (TPSA) is 126 Å². The summed E-state index contributed by atoms with van der Waals surface area (Å²) >= 11 is 0. The van der Waals surface area contributed by atoms with Crippen LogP contribution in [0.25, 0.3) is 11.0 Å². The summed E-state index contributed by atoms with van der Waals surface area (Å²) in [7, 11) is 2.59. The molecule has 2 unspecified atom stereocenters. The number of ether oxygens (including phenoxy) is 2. The molecule has 0 saturated carbocycles. The van der Waals surface area contributed by atoms with Gasteiger partial charge in [0.2, 0.25) is 5.78 Å². The van der Waals surface area contributed by atoms with Crippen LogP contribution in [0.4, 0.5) is 0 Å². The fraction of sp³-hybridized carbons (Fsp3) is 0.294. The van der Waals surface area contributed by atoms with Crippen LogP contribution in [0.3, 0.4) is 0 Å². The van der Waals surface area contributed by atoms with E-state index in [-0.39, 0.29) is 34.7 Å². The van der Waals surface area contributed by atoms with Gasteiger partial charge in [0.1, 0.15) is 39.9 Å². The maximum absolute atomic E-state index is 12.3. The normalized spacial score (nSPS) is 23.6. The molecule has 0 aliphatic heterocycles. The van der Waals surface area contributed by atoms with E-state index in [1.165, 1.54) is 14.2 Å². The van der Waals surface area contributed by atoms with Crippen LogP contribution in [0, 0.1) is 0 Å². The first-order valence-corrected chi connectivity index (χ1v) is 7.35. The van der Waals surface area contributed by atoms with Crippen LogP contribution in [0.15, 0.2) is 39.2 Å². The number of fused-ring (bicyclic) bond motifs is 1. The fourth-order valence-corrected chi connectivity index (χ4v) is 2.87. The predicted octanol–water partition coefficient (Wildman–Crippen LogP) is 0.910. The molecule has 3 rings (SSSR count). The first-order chi connectivity index (χ1) is 11.8. The van der Waals surface area contributed by atoms with E-state index in [0.717, 1.165) is 24.3 Å². The molecule has 2 atom stereocenters. The number of ketones is 1. The fourth-order valence-electron chi connectivity index (χ4n) is 2.87. The molecule has 1 aromatic heterocycles. The van der Waals surface area contributed by atoms with E-state index in [2.05, 4.69) is 0 Å². The zero-order valence-corrected chi connectivity index (χ0v) is 13.5. The smallest absolute Gasteiger partial charge is 0.225 e. The largest absolute Gasteiger partial charge is 0.508 e. The Kier molecular flexibility index (Phi) is 4.02. The molecule has 0 fully saturated rings. The van der Waals surface area contributed by atoms with Gasteiger partial charge >= 0.3 is 0 Å². The number of hydrogen-bond donors (Lipinski definition) is 3. The molecule has 0 saturated heterocycles. The Hall–Kier alpha value is -2.84. The Morgan fingerprint density at radius 2 is 1.92 bits per heavy atom. The SMILES string of the molecule is COC1=CC(O)(c2cc(=O)c3c(O)cc(O)cc3o2)CC(OC)C1=O. The monoisotopic (exact) mass is 348 g/mol. The van der Waals surface area contributed by atoms with Crippen LogP contribution in [0.1, 0.15) is 12.2 Å². The van der Waals surface area contributed by atoms with Gasteiger partial charge in [-0.1, -0.05) is 0 Å². The van der Waals surface area contributed by atoms with Crippen LogP contribution >= 0.6 is 0 Å². The van der Waals surface area contributed by atoms with E-state index in [1.807, 2.05) is 0 Å². The van der Waals surface area contributed by atoms with Crippen LogP contribution < -0.4 is 5.43 Å². The quantitative estimate of drug-likeness (QED) is 0.747. The molecular weight excluding hydrogens is 332 g/mol. The molecule has 8 nitrogen and oxygen atoms in total. The van der Waals surface area contributed by atoms with E-state index in [1.54, 1.807) is 0 Å². The van der Waals surface area contributed by atoms with Crippen molar-refractivity contribution in [3.63, 3.8) is 0 Å². The third-order valence-electron chi connectivity index (χ3n) is 4.13. The lowest BCUT2D eigenvalue weighted by Gasteiger charge is -2.32. The second-order valence-corrected chi connectivity index (χ2v) is 5.74. The van der Waals surface area contributed by atoms with Crippen molar-refractivity contribution >= 4 is 16.8 Å². The van der Waals surface area contributed by atoms with Crippen molar-refractivity contribution in [2.45, 2.75) is 18.1 Å². The van der Waals surface area contributed by atoms with E-state index in [9.17, 15) is 24.9 Å². The first-order valence-electron chi connectivity index (χ1n) is 7.35. The first kappa shape index (κ1) is 17.0. The number of methoxy groups -OCH3 is 2. The molecule has 8 heteroatoms. The Morgan fingerprint density at radius 1 is 1.20 bits per heavy atom. The Morgan fingerprint density at radius 3 is 2.56 bits per heavy atom. The molecule has 1 aliphatic rings. The Bertz CT molecular complexity index is 942. The summed E-state index contributed by atoms with van der Waals surface area (Å²) in [6.07, 6.45) is -0.0185. The summed E-state index contributed by atoms with van der Waals surface area (Å²) in [5.41, 5.74) is -2.55. The van der Waals surface area contributed by atoms with Gasteiger partial charge in [0.05, 0.1) is 7.11 Å². The standard InChI is InChI=1S/C17H16O8/c1-23-12-6-17(22,7-13(24-2)16(12)21)14-5-10(20)15-9(19)3-8(18)4-11(15)25-14/h3-6,13,18-19,22H,7H2,1-2H3. The Balaban J connectivity index is 2.23. The molecule has 1 aliphatic carbocycles. The van der Waals surface area contributed by atoms with E-state index < -0.39 is 28.7 Å². The van der Waals surface area contributed by atoms with Crippen LogP contribution in [-0.4, -0.2) is 41.4 Å². The van der Waals surface area contributed by atoms with Crippen molar-refractivity contribution in [3.8, 4) is 11.5 Å². The van der Waals surface area contributed by atoms with Crippen LogP contribution in [0.2, 0.25) is 0 Å². The molecular formula is C17H16O8. The van der Waals surface area contributed by atoms with E-state index in [0.29, 0.717) is 0 Å². The highest BCUT2D eigenvalue weighted by Crippen LogP contribution is 2.37. The number of rotatable bonds is 3. The summed E-state index contributed by atoms with van der Waals surface area (Å²) in [5.74, 6) is -1.47. The minimum absolute atomic E-state index is 0.105. The molecule has 1 heterocycles. The number of phenols is 2. The maximum Gasteiger partial charge on any atom is 0.225 e. The third kappa shape index (κ3) is 2.75. The second kappa shape index (κ2) is 5.91. The molecule has 1 aromatic carbocycles. The van der Waals surface area contributed by atoms with Crippen LogP contribution in [-0.2, 0) is 19.9 Å². The zero-order valence-electron chi connectivity index (χ0n) is 13.5. The van der Waals surface area contributed by atoms with Gasteiger partial charge in [0.25, 0.3) is 0 Å². The summed E-state index contributed by atoms with van der Waals surface area (Å²) < 4.78 is 15.6. The summed E-state index contributed by atoms with van der Waals surface area (Å²) in [6, 6.07) is 3.17. The molecule has 3 N–H and O–H groups in total. The maximum atomic E-state index is 12.3. The highest BCUT2D eigenvalue weighted by molar-refractivity contribution is 5.98. The van der Waals surface area contributed by atoms with Crippen LogP contribution in [0.5, 0.6) is 11.5 Å². The average Bonchev–Trinajstić information content (AvgIpc) is 2.55. The molecule has 0 radical (unpaired) electrons. The van der Waals surface area contributed by atoms with Crippen molar-refractivity contribution in [1.82, 2.24) is 0 Å². The van der Waals surface area contributed by atoms with Crippen molar-refractivity contribution in [2.75, 3.05) is 14.2 Å². The molecule has 0 amide bonds. The van der Waals surface area contributed by atoms with Crippen molar-refractivity contribution < 1.29 is 34.0 Å². The van der Waals surface area contributed by atoms with E-state index >= 15 is 0 Å². The lowest BCUT2D eigenvalue weighted by Crippen LogP contribution is -2.41. The van der Waals surface area contributed by atoms with Crippen molar-refractivity contribution in [3.05, 3.63) is 46.0 Å². The second-order valence-electron chi connectivity index (χ2n) is 5.74. The molecule has 0 spiro atoms. The molecule has 132 valence electrons. The van der Waals surface area contributed by atoms with Gasteiger partial charge in [-0.2, -0.15) is 0 Å². The van der Waals surface area contributed by atoms with Gasteiger partial charge in [-0.15, -0.1) is 0 Å². The summed E-state index contributed by atoms with van der Waals surface area (Å²) in [5, 5.41) is 30.2. The zero-order chi connectivity index (χ0) is 18.4. The van der Waals surface area contributed by atoms with E-state index in [4.69, 9.17) is 13.9 Å². The number of Topliss-reactive ketones (excluding diaryl/α,β-unsaturated/α-hetero) is 1. The predicted molar refractivity (Wildman–Crippen MR) is 85.2 cm³/mol. The number of carbonyl (C=O) groups excluding carboxylic acids is 1. The average molecular weight is 348 g/mol. The number of carbonyl (C=O) groups is 1. The van der Waals surface area contributed by atoms with Gasteiger partial charge in [0, 0.05) is 37.8 Å². The van der Waals surface area contributed by atoms with Crippen molar-refractivity contribution in [1.29, 1.82) is 0 Å². The Labute approximate surface area is 141 Å². The minimum atomic E-state index is -1.84. The number of hydrogen-bond acceptors (Lipinski definition) is 8. The summed E-state index contributed by atoms with van der Waals surface area (Å²) in [6.45, 7) is 0. The number of aliphatic hydroxyl groups is 1. The lowest BCUT2D eigenvalue weighted by molar-refractivity contribution is -0.134. The van der Waals surface area contributed by atoms with Gasteiger partial charge in [-0.3, -0.25) is 9.59 Å². The van der Waals surface area contributed by atoms with Gasteiger partial charge < -0.3 is 29.2 Å². The minimum Gasteiger partial charge on any atom is -0.508 e. The lowest BCUT2D eigenvalue weighted by atomic mass is 9.85. The molecule has 2 aromatic rings. The highest BCUT2D eigenvalue weighted by Gasteiger charge is 2.43. The van der Waals surface area contributed by atoms with Gasteiger partial charge in [-0.25, -0.2) is 0 Å². The molecule has 25 heavy (non-hydrogen) atoms. The number of aromatic hydroxyl groups is 2. The van der Waals surface area contributed by atoms with Gasteiger partial charge in [-0.05, 0) is 0 Å². The highest BCUT2D eigenvalue weighted by atomic mass is 16.5.